The van der Waals surface area contributed by atoms with Crippen LogP contribution in [0.15, 0.2) is 6.09 Å². The topological polar surface area (TPSA) is 28.7 Å². The van der Waals surface area contributed by atoms with Crippen LogP contribution in [0, 0.1) is 6.92 Å². The molecule has 0 aliphatic heterocycles. The van der Waals surface area contributed by atoms with Crippen molar-refractivity contribution >= 4 is 6.91 Å². The van der Waals surface area contributed by atoms with Crippen LogP contribution in [0.5, 0.6) is 0 Å². The molecule has 0 aliphatic rings. The van der Waals surface area contributed by atoms with Gasteiger partial charge in [0.15, 0.2) is 0 Å². The second-order valence-electron chi connectivity index (χ2n) is 1.22. The van der Waals surface area contributed by atoms with Crippen LogP contribution in [0.1, 0.15) is 5.59 Å². The maximum absolute atomic E-state index is 3.79. The minimum absolute atomic E-state index is 1.04. The van der Waals surface area contributed by atoms with Crippen molar-refractivity contribution in [3.63, 3.8) is 0 Å². The maximum atomic E-state index is 3.79. The number of H-pyrrole nitrogens is 1. The van der Waals surface area contributed by atoms with Crippen molar-refractivity contribution in [2.45, 2.75) is 6.92 Å². The predicted molar refractivity (Wildman–Crippen MR) is 24.7 cm³/mol. The summed E-state index contributed by atoms with van der Waals surface area (Å²) in [5.41, 5.74) is 1.04. The quantitative estimate of drug-likeness (QED) is 0.468. The molecule has 0 saturated heterocycles. The van der Waals surface area contributed by atoms with Crippen molar-refractivity contribution in [2.24, 2.45) is 0 Å². The second kappa shape index (κ2) is 1.24. The van der Waals surface area contributed by atoms with Gasteiger partial charge in [-0.15, -0.1) is 0 Å². The summed E-state index contributed by atoms with van der Waals surface area (Å²) in [5, 5.41) is 6.47. The van der Waals surface area contributed by atoms with E-state index in [4.69, 9.17) is 0 Å². The molecule has 0 radical (unpaired) electrons. The van der Waals surface area contributed by atoms with Crippen LogP contribution in [-0.2, 0) is 0 Å². The van der Waals surface area contributed by atoms with Gasteiger partial charge in [0.2, 0.25) is 0 Å². The molecule has 0 aromatic carbocycles. The monoisotopic (exact) mass is 80.1 g/mol. The second-order valence-corrected chi connectivity index (χ2v) is 1.22. The Morgan fingerprint density at radius 1 is 2.00 bits per heavy atom. The molecule has 0 unspecified atom stereocenters. The Morgan fingerprint density at radius 3 is 3.00 bits per heavy atom. The number of nitrogens with zero attached hydrogens (tertiary/aromatic N) is 1. The van der Waals surface area contributed by atoms with Crippen molar-refractivity contribution in [3.05, 3.63) is 11.7 Å². The summed E-state index contributed by atoms with van der Waals surface area (Å²) in [7, 11) is 0. The molecule has 6 heavy (non-hydrogen) atoms. The van der Waals surface area contributed by atoms with E-state index in [-0.39, 0.29) is 0 Å². The van der Waals surface area contributed by atoms with Gasteiger partial charge < -0.3 is 0 Å². The number of hydrogen-bond donors (Lipinski definition) is 1. The van der Waals surface area contributed by atoms with Crippen molar-refractivity contribution < 1.29 is 0 Å². The summed E-state index contributed by atoms with van der Waals surface area (Å²) >= 11 is 0. The van der Waals surface area contributed by atoms with Crippen LogP contribution in [0.3, 0.4) is 0 Å². The fraction of sp³-hybridized carbons (Fsp3) is 0.333. The summed E-state index contributed by atoms with van der Waals surface area (Å²) < 4.78 is 0. The summed E-state index contributed by atoms with van der Waals surface area (Å²) in [6, 6.07) is 0. The summed E-state index contributed by atoms with van der Waals surface area (Å²) in [4.78, 5) is 0. The Hall–Kier alpha value is -0.595. The first-order chi connectivity index (χ1) is 2.89. The fourth-order valence-corrected chi connectivity index (χ4v) is 0.334. The van der Waals surface area contributed by atoms with Gasteiger partial charge in [-0.2, -0.15) is 0 Å². The Morgan fingerprint density at radius 2 is 2.83 bits per heavy atom. The van der Waals surface area contributed by atoms with Crippen LogP contribution >= 0.6 is 0 Å². The molecule has 30 valence electrons. The van der Waals surface area contributed by atoms with Gasteiger partial charge in [-0.25, -0.2) is 0 Å². The van der Waals surface area contributed by atoms with Gasteiger partial charge in [-0.05, 0) is 0 Å². The number of aryl methyl sites for hydroxylation is 1. The number of hydrogen-bond acceptors (Lipinski definition) is 1. The third kappa shape index (κ3) is 0.480. The number of rotatable bonds is 0. The molecule has 3 heteroatoms. The van der Waals surface area contributed by atoms with Gasteiger partial charge in [0.25, 0.3) is 0 Å². The summed E-state index contributed by atoms with van der Waals surface area (Å²) in [6.07, 6.45) is 1.80. The van der Waals surface area contributed by atoms with Crippen LogP contribution in [-0.4, -0.2) is 17.1 Å². The van der Waals surface area contributed by atoms with Crippen molar-refractivity contribution in [2.75, 3.05) is 0 Å². The SMILES string of the molecule is Cc1bc[nH]n1. The van der Waals surface area contributed by atoms with E-state index in [9.17, 15) is 0 Å². The van der Waals surface area contributed by atoms with E-state index in [0.717, 1.165) is 5.59 Å². The van der Waals surface area contributed by atoms with Gasteiger partial charge >= 0.3 is 35.7 Å². The van der Waals surface area contributed by atoms with Crippen LogP contribution in [0.2, 0.25) is 0 Å². The van der Waals surface area contributed by atoms with Gasteiger partial charge in [0.05, 0.1) is 0 Å². The average molecular weight is 79.9 g/mol. The van der Waals surface area contributed by atoms with Crippen molar-refractivity contribution in [3.8, 4) is 0 Å². The van der Waals surface area contributed by atoms with Crippen LogP contribution in [0.4, 0.5) is 0 Å². The average Bonchev–Trinajstić information content (AvgIpc) is 1.86. The van der Waals surface area contributed by atoms with Gasteiger partial charge in [0.1, 0.15) is 0 Å². The number of aromatic nitrogens is 2. The van der Waals surface area contributed by atoms with Crippen LogP contribution in [0.25, 0.3) is 0 Å². The fourth-order valence-electron chi connectivity index (χ4n) is 0.334. The molecule has 2 nitrogen and oxygen atoms in total. The van der Waals surface area contributed by atoms with E-state index in [1.165, 1.54) is 0 Å². The number of aromatic amines is 1. The predicted octanol–water partition coefficient (Wildman–Crippen LogP) is 0.0562. The Labute approximate surface area is 36.8 Å². The molecular weight excluding hydrogens is 74.9 g/mol. The summed E-state index contributed by atoms with van der Waals surface area (Å²) in [5.74, 6) is 0. The van der Waals surface area contributed by atoms with Gasteiger partial charge in [-0.1, -0.05) is 0 Å². The molecule has 0 aliphatic carbocycles. The molecule has 1 aromatic rings. The zero-order chi connectivity index (χ0) is 4.41. The molecular formula is C3H5BN2. The molecule has 0 amide bonds. The molecule has 1 N–H and O–H groups in total. The molecule has 0 fully saturated rings. The van der Waals surface area contributed by atoms with Crippen molar-refractivity contribution in [1.29, 1.82) is 0 Å². The molecule has 1 aromatic heterocycles. The van der Waals surface area contributed by atoms with Crippen LogP contribution < -0.4 is 0 Å². The molecule has 0 atom stereocenters. The first-order valence-corrected chi connectivity index (χ1v) is 1.86. The summed E-state index contributed by atoms with van der Waals surface area (Å²) in [6.45, 7) is 3.86. The van der Waals surface area contributed by atoms with E-state index in [2.05, 4.69) is 10.2 Å². The first-order valence-electron chi connectivity index (χ1n) is 1.86. The Kier molecular flexibility index (Phi) is 0.745. The van der Waals surface area contributed by atoms with E-state index in [0.29, 0.717) is 0 Å². The Balaban J connectivity index is 3.05. The zero-order valence-electron chi connectivity index (χ0n) is 3.60. The third-order valence-corrected chi connectivity index (χ3v) is 0.640. The third-order valence-electron chi connectivity index (χ3n) is 0.640. The number of nitrogens with one attached hydrogen (secondary N) is 1. The molecule has 0 bridgehead atoms. The first kappa shape index (κ1) is 3.59. The van der Waals surface area contributed by atoms with E-state index in [1.54, 1.807) is 6.09 Å². The molecule has 1 rings (SSSR count). The Bertz CT molecular complexity index is 112. The normalized spacial score (nSPS) is 8.17. The van der Waals surface area contributed by atoms with Gasteiger partial charge in [-0.3, -0.25) is 0 Å². The van der Waals surface area contributed by atoms with E-state index < -0.39 is 0 Å². The molecule has 0 saturated carbocycles. The van der Waals surface area contributed by atoms with E-state index >= 15 is 0 Å². The molecule has 0 spiro atoms. The molecule has 1 heterocycles. The van der Waals surface area contributed by atoms with E-state index in [1.807, 2.05) is 13.8 Å². The zero-order valence-corrected chi connectivity index (χ0v) is 3.60. The van der Waals surface area contributed by atoms with Gasteiger partial charge in [0, 0.05) is 0 Å². The standard InChI is InChI=1S/C3H5BN2/c1-3-4-2-5-6-3/h2,5H,1H3. The van der Waals surface area contributed by atoms with Crippen molar-refractivity contribution in [1.82, 2.24) is 10.2 Å². The minimum atomic E-state index is 1.04.